The van der Waals surface area contributed by atoms with E-state index in [9.17, 15) is 13.2 Å². The molecule has 0 amide bonds. The predicted molar refractivity (Wildman–Crippen MR) is 101 cm³/mol. The van der Waals surface area contributed by atoms with Crippen LogP contribution in [0.5, 0.6) is 0 Å². The van der Waals surface area contributed by atoms with Gasteiger partial charge in [-0.2, -0.15) is 8.42 Å². The Hall–Kier alpha value is -1.48. The molecule has 154 valence electrons. The second-order valence-corrected chi connectivity index (χ2v) is 8.66. The summed E-state index contributed by atoms with van der Waals surface area (Å²) in [6.45, 7) is 8.49. The summed E-state index contributed by atoms with van der Waals surface area (Å²) >= 11 is 0. The third-order valence-electron chi connectivity index (χ3n) is 3.20. The molecule has 0 radical (unpaired) electrons. The molecule has 0 aliphatic heterocycles. The molecule has 0 heterocycles. The van der Waals surface area contributed by atoms with Crippen LogP contribution in [-0.4, -0.2) is 53.0 Å². The zero-order chi connectivity index (χ0) is 20.3. The minimum atomic E-state index is -3.72. The van der Waals surface area contributed by atoms with E-state index in [0.717, 1.165) is 5.56 Å². The van der Waals surface area contributed by atoms with Gasteiger partial charge in [-0.05, 0) is 52.7 Å². The first-order valence-corrected chi connectivity index (χ1v) is 10.3. The molecule has 0 saturated heterocycles. The van der Waals surface area contributed by atoms with E-state index in [4.69, 9.17) is 18.4 Å². The number of hydrogen-bond donors (Lipinski definition) is 0. The van der Waals surface area contributed by atoms with Crippen LogP contribution in [0.4, 0.5) is 0 Å². The van der Waals surface area contributed by atoms with Crippen LogP contribution in [0.1, 0.15) is 39.2 Å². The fourth-order valence-corrected chi connectivity index (χ4v) is 2.94. The lowest BCUT2D eigenvalue weighted by Crippen LogP contribution is -2.26. The molecule has 0 N–H and O–H groups in total. The van der Waals surface area contributed by atoms with Gasteiger partial charge in [0.2, 0.25) is 0 Å². The molecule has 1 aromatic carbocycles. The number of carbonyl (C=O) groups is 1. The molecule has 0 spiro atoms. The Labute approximate surface area is 162 Å². The first-order chi connectivity index (χ1) is 12.6. The normalized spacial score (nSPS) is 12.1. The Balaban J connectivity index is 2.03. The highest BCUT2D eigenvalue weighted by Gasteiger charge is 2.16. The topological polar surface area (TPSA) is 88.1 Å². The summed E-state index contributed by atoms with van der Waals surface area (Å²) in [5.41, 5.74) is 0.468. The van der Waals surface area contributed by atoms with Gasteiger partial charge in [0.25, 0.3) is 10.1 Å². The zero-order valence-electron chi connectivity index (χ0n) is 16.5. The summed E-state index contributed by atoms with van der Waals surface area (Å²) in [4.78, 5) is 11.6. The molecular weight excluding hydrogens is 372 g/mol. The van der Waals surface area contributed by atoms with Crippen molar-refractivity contribution >= 4 is 16.1 Å². The minimum absolute atomic E-state index is 0.0609. The van der Waals surface area contributed by atoms with E-state index in [1.807, 2.05) is 6.92 Å². The van der Waals surface area contributed by atoms with Crippen molar-refractivity contribution in [3.05, 3.63) is 29.8 Å². The van der Waals surface area contributed by atoms with Crippen molar-refractivity contribution in [2.24, 2.45) is 0 Å². The summed E-state index contributed by atoms with van der Waals surface area (Å²) in [5.74, 6) is -0.393. The summed E-state index contributed by atoms with van der Waals surface area (Å²) in [7, 11) is -3.72. The number of rotatable bonds is 12. The maximum atomic E-state index is 12.0. The molecule has 0 aliphatic carbocycles. The van der Waals surface area contributed by atoms with E-state index in [0.29, 0.717) is 32.7 Å². The molecule has 27 heavy (non-hydrogen) atoms. The zero-order valence-corrected chi connectivity index (χ0v) is 17.3. The maximum absolute atomic E-state index is 12.0. The van der Waals surface area contributed by atoms with E-state index in [1.165, 1.54) is 12.1 Å². The maximum Gasteiger partial charge on any atom is 0.332 e. The van der Waals surface area contributed by atoms with Crippen molar-refractivity contribution in [2.75, 3.05) is 33.0 Å². The number of aryl methyl sites for hydroxylation is 1. The number of carbonyl (C=O) groups excluding carboxylic acids is 1. The van der Waals surface area contributed by atoms with Crippen molar-refractivity contribution < 1.29 is 31.6 Å². The fourth-order valence-electron chi connectivity index (χ4n) is 1.99. The lowest BCUT2D eigenvalue weighted by atomic mass is 10.2. The Morgan fingerprint density at radius 3 is 2.07 bits per heavy atom. The van der Waals surface area contributed by atoms with Crippen LogP contribution in [-0.2, 0) is 33.3 Å². The second-order valence-electron chi connectivity index (χ2n) is 7.05. The lowest BCUT2D eigenvalue weighted by Gasteiger charge is -2.19. The molecule has 1 rings (SSSR count). The SMILES string of the molecule is Cc1ccc(S(=O)(=O)OCCCOCCCOCC(=O)OC(C)(C)C)cc1. The standard InChI is InChI=1S/C19H30O7S/c1-16-7-9-17(10-8-16)27(21,22)25-14-6-12-23-11-5-13-24-15-18(20)26-19(2,3)4/h7-10H,5-6,11-15H2,1-4H3. The van der Waals surface area contributed by atoms with Gasteiger partial charge in [-0.3, -0.25) is 4.18 Å². The van der Waals surface area contributed by atoms with E-state index >= 15 is 0 Å². The lowest BCUT2D eigenvalue weighted by molar-refractivity contribution is -0.160. The number of hydrogen-bond acceptors (Lipinski definition) is 7. The van der Waals surface area contributed by atoms with E-state index in [2.05, 4.69) is 0 Å². The molecule has 7 nitrogen and oxygen atoms in total. The summed E-state index contributed by atoms with van der Waals surface area (Å²) in [5, 5.41) is 0. The molecule has 0 aromatic heterocycles. The summed E-state index contributed by atoms with van der Waals surface area (Å²) in [6, 6.07) is 6.51. The van der Waals surface area contributed by atoms with Gasteiger partial charge >= 0.3 is 5.97 Å². The molecule has 0 saturated carbocycles. The summed E-state index contributed by atoms with van der Waals surface area (Å²) < 4.78 is 44.6. The Kier molecular flexibility index (Phi) is 9.93. The molecule has 0 bridgehead atoms. The van der Waals surface area contributed by atoms with Crippen molar-refractivity contribution in [3.63, 3.8) is 0 Å². The highest BCUT2D eigenvalue weighted by molar-refractivity contribution is 7.86. The Morgan fingerprint density at radius 2 is 1.48 bits per heavy atom. The second kappa shape index (κ2) is 11.4. The fraction of sp³-hybridized carbons (Fsp3) is 0.632. The average Bonchev–Trinajstić information content (AvgIpc) is 2.55. The van der Waals surface area contributed by atoms with Crippen molar-refractivity contribution in [1.29, 1.82) is 0 Å². The van der Waals surface area contributed by atoms with Gasteiger partial charge in [0.15, 0.2) is 0 Å². The molecule has 0 atom stereocenters. The Morgan fingerprint density at radius 1 is 0.926 bits per heavy atom. The van der Waals surface area contributed by atoms with Crippen LogP contribution in [0.25, 0.3) is 0 Å². The first kappa shape index (κ1) is 23.6. The van der Waals surface area contributed by atoms with Gasteiger partial charge in [-0.25, -0.2) is 4.79 Å². The number of benzene rings is 1. The molecule has 0 aliphatic rings. The van der Waals surface area contributed by atoms with E-state index < -0.39 is 21.7 Å². The van der Waals surface area contributed by atoms with Gasteiger partial charge in [0.1, 0.15) is 12.2 Å². The van der Waals surface area contributed by atoms with Crippen LogP contribution in [0.15, 0.2) is 29.2 Å². The quantitative estimate of drug-likeness (QED) is 0.302. The van der Waals surface area contributed by atoms with E-state index in [1.54, 1.807) is 32.9 Å². The molecule has 0 fully saturated rings. The Bertz CT molecular complexity index is 660. The first-order valence-electron chi connectivity index (χ1n) is 8.93. The minimum Gasteiger partial charge on any atom is -0.458 e. The number of ether oxygens (including phenoxy) is 3. The van der Waals surface area contributed by atoms with Gasteiger partial charge in [0.05, 0.1) is 11.5 Å². The monoisotopic (exact) mass is 402 g/mol. The van der Waals surface area contributed by atoms with Crippen LogP contribution in [0.2, 0.25) is 0 Å². The predicted octanol–water partition coefficient (Wildman–Crippen LogP) is 2.86. The van der Waals surface area contributed by atoms with E-state index in [-0.39, 0.29) is 18.1 Å². The molecular formula is C19H30O7S. The highest BCUT2D eigenvalue weighted by Crippen LogP contribution is 2.13. The molecule has 0 unspecified atom stereocenters. The molecule has 8 heteroatoms. The van der Waals surface area contributed by atoms with Gasteiger partial charge in [-0.15, -0.1) is 0 Å². The average molecular weight is 403 g/mol. The van der Waals surface area contributed by atoms with Crippen LogP contribution in [0.3, 0.4) is 0 Å². The van der Waals surface area contributed by atoms with Gasteiger partial charge in [0, 0.05) is 19.8 Å². The van der Waals surface area contributed by atoms with Crippen molar-refractivity contribution in [1.82, 2.24) is 0 Å². The van der Waals surface area contributed by atoms with Gasteiger partial charge < -0.3 is 14.2 Å². The van der Waals surface area contributed by atoms with Crippen molar-refractivity contribution in [3.8, 4) is 0 Å². The largest absolute Gasteiger partial charge is 0.458 e. The smallest absolute Gasteiger partial charge is 0.332 e. The molecule has 1 aromatic rings. The summed E-state index contributed by atoms with van der Waals surface area (Å²) in [6.07, 6.45) is 1.09. The van der Waals surface area contributed by atoms with Crippen molar-refractivity contribution in [2.45, 2.75) is 51.0 Å². The third-order valence-corrected chi connectivity index (χ3v) is 4.52. The number of esters is 1. The highest BCUT2D eigenvalue weighted by atomic mass is 32.2. The van der Waals surface area contributed by atoms with Crippen LogP contribution in [0, 0.1) is 6.92 Å². The third kappa shape index (κ3) is 11.1. The van der Waals surface area contributed by atoms with Gasteiger partial charge in [-0.1, -0.05) is 17.7 Å². The van der Waals surface area contributed by atoms with Crippen LogP contribution >= 0.6 is 0 Å². The van der Waals surface area contributed by atoms with Crippen LogP contribution < -0.4 is 0 Å².